The van der Waals surface area contributed by atoms with Crippen LogP contribution < -0.4 is 11.1 Å². The molecule has 0 saturated heterocycles. The van der Waals surface area contributed by atoms with Gasteiger partial charge in [-0.2, -0.15) is 0 Å². The number of thiophene rings is 1. The molecule has 1 fully saturated rings. The molecular formula is C13H20N2O2S. The number of hydrogen-bond donors (Lipinski definition) is 3. The lowest BCUT2D eigenvalue weighted by Gasteiger charge is -2.28. The number of nitrogens with two attached hydrogens (primary N) is 1. The Morgan fingerprint density at radius 1 is 1.56 bits per heavy atom. The molecule has 4 N–H and O–H groups in total. The Morgan fingerprint density at radius 2 is 2.33 bits per heavy atom. The molecule has 2 rings (SSSR count). The molecule has 1 aromatic rings. The lowest BCUT2D eigenvalue weighted by Crippen LogP contribution is -2.40. The van der Waals surface area contributed by atoms with Crippen molar-refractivity contribution in [3.05, 3.63) is 22.4 Å². The van der Waals surface area contributed by atoms with Gasteiger partial charge in [0.25, 0.3) is 0 Å². The van der Waals surface area contributed by atoms with Gasteiger partial charge in [0.05, 0.1) is 6.10 Å². The summed E-state index contributed by atoms with van der Waals surface area (Å²) in [6.07, 6.45) is 3.76. The second-order valence-electron chi connectivity index (χ2n) is 4.85. The third-order valence-corrected chi connectivity index (χ3v) is 4.50. The zero-order valence-electron chi connectivity index (χ0n) is 10.3. The Kier molecular flexibility index (Phi) is 4.74. The van der Waals surface area contributed by atoms with Crippen molar-refractivity contribution < 1.29 is 9.90 Å². The van der Waals surface area contributed by atoms with Gasteiger partial charge in [-0.15, -0.1) is 11.3 Å². The van der Waals surface area contributed by atoms with E-state index >= 15 is 0 Å². The van der Waals surface area contributed by atoms with Crippen LogP contribution in [0.1, 0.15) is 36.6 Å². The second-order valence-corrected chi connectivity index (χ2v) is 5.83. The summed E-state index contributed by atoms with van der Waals surface area (Å²) in [4.78, 5) is 12.8. The average molecular weight is 268 g/mol. The number of rotatable bonds is 4. The second kappa shape index (κ2) is 6.31. The molecule has 18 heavy (non-hydrogen) atoms. The van der Waals surface area contributed by atoms with Gasteiger partial charge in [0.1, 0.15) is 6.04 Å². The predicted octanol–water partition coefficient (Wildman–Crippen LogP) is 1.42. The molecule has 3 atom stereocenters. The van der Waals surface area contributed by atoms with Crippen molar-refractivity contribution in [3.8, 4) is 0 Å². The maximum atomic E-state index is 11.9. The predicted molar refractivity (Wildman–Crippen MR) is 72.2 cm³/mol. The minimum absolute atomic E-state index is 0.157. The molecule has 1 aliphatic carbocycles. The van der Waals surface area contributed by atoms with Crippen molar-refractivity contribution in [2.45, 2.75) is 37.8 Å². The highest BCUT2D eigenvalue weighted by Crippen LogP contribution is 2.24. The summed E-state index contributed by atoms with van der Waals surface area (Å²) in [5.41, 5.74) is 5.87. The van der Waals surface area contributed by atoms with Gasteiger partial charge in [-0.3, -0.25) is 4.79 Å². The van der Waals surface area contributed by atoms with Crippen LogP contribution in [-0.4, -0.2) is 23.7 Å². The van der Waals surface area contributed by atoms with Gasteiger partial charge in [0, 0.05) is 17.3 Å². The van der Waals surface area contributed by atoms with Crippen molar-refractivity contribution in [2.75, 3.05) is 6.54 Å². The maximum absolute atomic E-state index is 11.9. The highest BCUT2D eigenvalue weighted by molar-refractivity contribution is 7.10. The lowest BCUT2D eigenvalue weighted by atomic mass is 9.86. The molecule has 0 radical (unpaired) electrons. The van der Waals surface area contributed by atoms with Crippen molar-refractivity contribution >= 4 is 17.2 Å². The molecule has 0 aromatic carbocycles. The first kappa shape index (κ1) is 13.5. The van der Waals surface area contributed by atoms with Gasteiger partial charge >= 0.3 is 0 Å². The zero-order chi connectivity index (χ0) is 13.0. The van der Waals surface area contributed by atoms with E-state index in [0.717, 1.165) is 30.6 Å². The van der Waals surface area contributed by atoms with Crippen LogP contribution in [0.2, 0.25) is 0 Å². The summed E-state index contributed by atoms with van der Waals surface area (Å²) in [7, 11) is 0. The Bertz CT molecular complexity index is 380. The van der Waals surface area contributed by atoms with E-state index in [4.69, 9.17) is 5.73 Å². The molecule has 0 spiro atoms. The minimum atomic E-state index is -0.592. The summed E-state index contributed by atoms with van der Waals surface area (Å²) >= 11 is 1.49. The Labute approximate surface area is 111 Å². The third-order valence-electron chi connectivity index (χ3n) is 3.54. The Hall–Kier alpha value is -0.910. The van der Waals surface area contributed by atoms with Crippen molar-refractivity contribution in [1.82, 2.24) is 5.32 Å². The molecule has 3 unspecified atom stereocenters. The molecule has 1 heterocycles. The van der Waals surface area contributed by atoms with E-state index in [9.17, 15) is 9.90 Å². The highest BCUT2D eigenvalue weighted by atomic mass is 32.1. The lowest BCUT2D eigenvalue weighted by molar-refractivity contribution is -0.122. The molecule has 4 nitrogen and oxygen atoms in total. The van der Waals surface area contributed by atoms with Crippen LogP contribution in [-0.2, 0) is 4.79 Å². The smallest absolute Gasteiger partial charge is 0.242 e. The van der Waals surface area contributed by atoms with Crippen LogP contribution >= 0.6 is 11.3 Å². The van der Waals surface area contributed by atoms with Crippen molar-refractivity contribution in [1.29, 1.82) is 0 Å². The van der Waals surface area contributed by atoms with Crippen LogP contribution in [0.25, 0.3) is 0 Å². The quantitative estimate of drug-likeness (QED) is 0.773. The number of nitrogens with one attached hydrogen (secondary N) is 1. The number of aliphatic hydroxyl groups is 1. The molecule has 0 bridgehead atoms. The highest BCUT2D eigenvalue weighted by Gasteiger charge is 2.24. The molecule has 100 valence electrons. The average Bonchev–Trinajstić information content (AvgIpc) is 2.90. The topological polar surface area (TPSA) is 75.4 Å². The number of amides is 1. The molecule has 0 aliphatic heterocycles. The van der Waals surface area contributed by atoms with E-state index in [0.29, 0.717) is 6.54 Å². The van der Waals surface area contributed by atoms with Crippen LogP contribution in [0.4, 0.5) is 0 Å². The zero-order valence-corrected chi connectivity index (χ0v) is 11.2. The molecular weight excluding hydrogens is 248 g/mol. The first-order valence-electron chi connectivity index (χ1n) is 6.43. The molecule has 1 aliphatic rings. The number of aliphatic hydroxyl groups excluding tert-OH is 1. The van der Waals surface area contributed by atoms with Gasteiger partial charge in [-0.05, 0) is 24.3 Å². The van der Waals surface area contributed by atoms with E-state index in [1.54, 1.807) is 0 Å². The molecule has 1 saturated carbocycles. The van der Waals surface area contributed by atoms with E-state index in [1.165, 1.54) is 11.3 Å². The van der Waals surface area contributed by atoms with Crippen LogP contribution in [0.15, 0.2) is 17.5 Å². The fourth-order valence-electron chi connectivity index (χ4n) is 2.37. The Morgan fingerprint density at radius 3 is 3.00 bits per heavy atom. The summed E-state index contributed by atoms with van der Waals surface area (Å²) in [5.74, 6) is 0.0217. The summed E-state index contributed by atoms with van der Waals surface area (Å²) in [6, 6.07) is 3.16. The van der Waals surface area contributed by atoms with E-state index < -0.39 is 6.04 Å². The molecule has 1 aromatic heterocycles. The third kappa shape index (κ3) is 3.31. The SMILES string of the molecule is NC(C(=O)NCC1CCCCC1O)c1cccs1. The molecule has 5 heteroatoms. The number of carbonyl (C=O) groups excluding carboxylic acids is 1. The first-order chi connectivity index (χ1) is 8.68. The van der Waals surface area contributed by atoms with Gasteiger partial charge in [0.2, 0.25) is 5.91 Å². The van der Waals surface area contributed by atoms with Crippen LogP contribution in [0, 0.1) is 5.92 Å². The fraction of sp³-hybridized carbons (Fsp3) is 0.615. The van der Waals surface area contributed by atoms with Crippen molar-refractivity contribution in [2.24, 2.45) is 11.7 Å². The standard InChI is InChI=1S/C13H20N2O2S/c14-12(11-6-3-7-18-11)13(17)15-8-9-4-1-2-5-10(9)16/h3,6-7,9-10,12,16H,1-2,4-5,8,14H2,(H,15,17). The van der Waals surface area contributed by atoms with Gasteiger partial charge in [-0.25, -0.2) is 0 Å². The van der Waals surface area contributed by atoms with Crippen LogP contribution in [0.5, 0.6) is 0 Å². The molecule has 1 amide bonds. The van der Waals surface area contributed by atoms with Crippen LogP contribution in [0.3, 0.4) is 0 Å². The Balaban J connectivity index is 1.81. The summed E-state index contributed by atoms with van der Waals surface area (Å²) in [5, 5.41) is 14.6. The number of hydrogen-bond acceptors (Lipinski definition) is 4. The monoisotopic (exact) mass is 268 g/mol. The minimum Gasteiger partial charge on any atom is -0.393 e. The normalized spacial score (nSPS) is 25.7. The van der Waals surface area contributed by atoms with Gasteiger partial charge in [-0.1, -0.05) is 18.9 Å². The van der Waals surface area contributed by atoms with Crippen molar-refractivity contribution in [3.63, 3.8) is 0 Å². The largest absolute Gasteiger partial charge is 0.393 e. The summed E-state index contributed by atoms with van der Waals surface area (Å²) in [6.45, 7) is 0.527. The van der Waals surface area contributed by atoms with Gasteiger partial charge < -0.3 is 16.2 Å². The first-order valence-corrected chi connectivity index (χ1v) is 7.31. The van der Waals surface area contributed by atoms with E-state index in [-0.39, 0.29) is 17.9 Å². The maximum Gasteiger partial charge on any atom is 0.242 e. The fourth-order valence-corrected chi connectivity index (χ4v) is 3.09. The van der Waals surface area contributed by atoms with Gasteiger partial charge in [0.15, 0.2) is 0 Å². The summed E-state index contributed by atoms with van der Waals surface area (Å²) < 4.78 is 0. The van der Waals surface area contributed by atoms with E-state index in [1.807, 2.05) is 17.5 Å². The van der Waals surface area contributed by atoms with E-state index in [2.05, 4.69) is 5.32 Å². The number of carbonyl (C=O) groups is 1.